The Morgan fingerprint density at radius 2 is 1.95 bits per heavy atom. The zero-order valence-electron chi connectivity index (χ0n) is 11.0. The van der Waals surface area contributed by atoms with Crippen LogP contribution in [0.5, 0.6) is 5.75 Å². The van der Waals surface area contributed by atoms with Crippen molar-refractivity contribution in [2.45, 2.75) is 19.4 Å². The number of aliphatic carboxylic acids is 1. The van der Waals surface area contributed by atoms with Gasteiger partial charge in [-0.15, -0.1) is 0 Å². The van der Waals surface area contributed by atoms with Crippen molar-refractivity contribution >= 4 is 17.6 Å². The first-order valence-electron chi connectivity index (χ1n) is 6.26. The highest BCUT2D eigenvalue weighted by molar-refractivity contribution is 6.30. The van der Waals surface area contributed by atoms with Gasteiger partial charge >= 0.3 is 5.97 Å². The van der Waals surface area contributed by atoms with Gasteiger partial charge in [0.05, 0.1) is 0 Å². The number of carbonyl (C=O) groups is 1. The molecular formula is C16H15ClO3. The monoisotopic (exact) mass is 290 g/mol. The van der Waals surface area contributed by atoms with Crippen molar-refractivity contribution in [1.82, 2.24) is 0 Å². The number of hydrogen-bond donors (Lipinski definition) is 1. The van der Waals surface area contributed by atoms with Crippen molar-refractivity contribution < 1.29 is 14.6 Å². The van der Waals surface area contributed by atoms with E-state index in [-0.39, 0.29) is 6.42 Å². The van der Waals surface area contributed by atoms with Gasteiger partial charge in [-0.25, -0.2) is 4.79 Å². The van der Waals surface area contributed by atoms with Gasteiger partial charge in [-0.2, -0.15) is 0 Å². The van der Waals surface area contributed by atoms with E-state index in [0.717, 1.165) is 11.1 Å². The van der Waals surface area contributed by atoms with Gasteiger partial charge in [-0.3, -0.25) is 0 Å². The predicted molar refractivity (Wildman–Crippen MR) is 78.4 cm³/mol. The van der Waals surface area contributed by atoms with E-state index in [1.54, 1.807) is 36.4 Å². The normalized spacial score (nSPS) is 11.9. The minimum Gasteiger partial charge on any atom is -0.478 e. The molecule has 0 radical (unpaired) electrons. The molecule has 0 amide bonds. The van der Waals surface area contributed by atoms with Crippen LogP contribution in [0, 0.1) is 6.92 Å². The lowest BCUT2D eigenvalue weighted by atomic mass is 10.0. The molecule has 0 aliphatic heterocycles. The zero-order chi connectivity index (χ0) is 14.5. The molecule has 2 aromatic rings. The summed E-state index contributed by atoms with van der Waals surface area (Å²) in [6, 6.07) is 14.4. The molecule has 1 N–H and O–H groups in total. The van der Waals surface area contributed by atoms with Crippen molar-refractivity contribution in [3.05, 3.63) is 64.7 Å². The molecule has 0 aromatic heterocycles. The Labute approximate surface area is 122 Å². The van der Waals surface area contributed by atoms with E-state index in [4.69, 9.17) is 16.3 Å². The number of ether oxygens (including phenoxy) is 1. The molecule has 3 nitrogen and oxygen atoms in total. The molecular weight excluding hydrogens is 276 g/mol. The molecule has 20 heavy (non-hydrogen) atoms. The van der Waals surface area contributed by atoms with Crippen LogP contribution >= 0.6 is 11.6 Å². The molecule has 0 saturated heterocycles. The fourth-order valence-corrected chi connectivity index (χ4v) is 2.10. The maximum absolute atomic E-state index is 11.3. The largest absolute Gasteiger partial charge is 0.478 e. The third-order valence-corrected chi connectivity index (χ3v) is 3.25. The minimum atomic E-state index is -0.992. The Bertz CT molecular complexity index is 596. The first kappa shape index (κ1) is 14.4. The molecule has 4 heteroatoms. The fourth-order valence-electron chi connectivity index (χ4n) is 1.90. The van der Waals surface area contributed by atoms with E-state index < -0.39 is 12.1 Å². The number of carboxylic acid groups (broad SMARTS) is 1. The van der Waals surface area contributed by atoms with Gasteiger partial charge in [0.1, 0.15) is 5.75 Å². The second-order valence-electron chi connectivity index (χ2n) is 4.53. The Balaban J connectivity index is 2.18. The van der Waals surface area contributed by atoms with E-state index >= 15 is 0 Å². The summed E-state index contributed by atoms with van der Waals surface area (Å²) in [5, 5.41) is 9.89. The minimum absolute atomic E-state index is 0.274. The highest BCUT2D eigenvalue weighted by Gasteiger charge is 2.21. The van der Waals surface area contributed by atoms with E-state index in [1.807, 2.05) is 19.1 Å². The number of aryl methyl sites for hydroxylation is 1. The van der Waals surface area contributed by atoms with Crippen molar-refractivity contribution in [3.8, 4) is 5.75 Å². The Morgan fingerprint density at radius 1 is 1.25 bits per heavy atom. The van der Waals surface area contributed by atoms with E-state index in [9.17, 15) is 9.90 Å². The van der Waals surface area contributed by atoms with Crippen LogP contribution in [0.3, 0.4) is 0 Å². The maximum atomic E-state index is 11.3. The highest BCUT2D eigenvalue weighted by Crippen LogP contribution is 2.19. The fraction of sp³-hybridized carbons (Fsp3) is 0.188. The van der Waals surface area contributed by atoms with Crippen molar-refractivity contribution in [2.24, 2.45) is 0 Å². The summed E-state index contributed by atoms with van der Waals surface area (Å²) in [7, 11) is 0. The number of halogens is 1. The molecule has 0 unspecified atom stereocenters. The average molecular weight is 291 g/mol. The quantitative estimate of drug-likeness (QED) is 0.913. The summed E-state index contributed by atoms with van der Waals surface area (Å²) in [5.74, 6) is -0.451. The van der Waals surface area contributed by atoms with Crippen molar-refractivity contribution in [2.75, 3.05) is 0 Å². The molecule has 0 saturated carbocycles. The molecule has 0 aliphatic carbocycles. The van der Waals surface area contributed by atoms with Crippen LogP contribution in [0.15, 0.2) is 48.5 Å². The molecule has 0 heterocycles. The summed E-state index contributed by atoms with van der Waals surface area (Å²) in [6.07, 6.45) is -0.661. The van der Waals surface area contributed by atoms with Crippen LogP contribution < -0.4 is 4.74 Å². The highest BCUT2D eigenvalue weighted by atomic mass is 35.5. The van der Waals surface area contributed by atoms with Crippen LogP contribution in [0.2, 0.25) is 5.02 Å². The Kier molecular flexibility index (Phi) is 4.64. The lowest BCUT2D eigenvalue weighted by molar-refractivity contribution is -0.145. The molecule has 1 atom stereocenters. The van der Waals surface area contributed by atoms with E-state index in [0.29, 0.717) is 10.8 Å². The summed E-state index contributed by atoms with van der Waals surface area (Å²) in [6.45, 7) is 1.92. The van der Waals surface area contributed by atoms with Crippen LogP contribution in [0.4, 0.5) is 0 Å². The number of benzene rings is 2. The van der Waals surface area contributed by atoms with Gasteiger partial charge in [0, 0.05) is 11.4 Å². The van der Waals surface area contributed by atoms with Crippen molar-refractivity contribution in [1.29, 1.82) is 0 Å². The first-order chi connectivity index (χ1) is 9.56. The molecule has 0 fully saturated rings. The lowest BCUT2D eigenvalue weighted by Crippen LogP contribution is -2.29. The second kappa shape index (κ2) is 6.44. The summed E-state index contributed by atoms with van der Waals surface area (Å²) < 4.78 is 5.53. The van der Waals surface area contributed by atoms with Gasteiger partial charge in [0.25, 0.3) is 0 Å². The van der Waals surface area contributed by atoms with E-state index in [1.165, 1.54) is 0 Å². The van der Waals surface area contributed by atoms with Gasteiger partial charge < -0.3 is 9.84 Å². The van der Waals surface area contributed by atoms with Gasteiger partial charge in [0.2, 0.25) is 0 Å². The second-order valence-corrected chi connectivity index (χ2v) is 4.97. The molecule has 0 spiro atoms. The zero-order valence-corrected chi connectivity index (χ0v) is 11.8. The van der Waals surface area contributed by atoms with Gasteiger partial charge in [0.15, 0.2) is 6.10 Å². The van der Waals surface area contributed by atoms with Crippen LogP contribution in [-0.4, -0.2) is 17.2 Å². The third kappa shape index (κ3) is 3.75. The smallest absolute Gasteiger partial charge is 0.345 e. The topological polar surface area (TPSA) is 46.5 Å². The third-order valence-electron chi connectivity index (χ3n) is 3.01. The molecule has 2 rings (SSSR count). The standard InChI is InChI=1S/C16H15ClO3/c1-11-7-8-13(17)9-12(11)10-15(16(18)19)20-14-5-3-2-4-6-14/h2-9,15H,10H2,1H3,(H,18,19)/t15-/m0/s1. The predicted octanol–water partition coefficient (Wildman–Crippen LogP) is 3.72. The average Bonchev–Trinajstić information content (AvgIpc) is 2.43. The molecule has 0 bridgehead atoms. The van der Waals surface area contributed by atoms with Crippen LogP contribution in [-0.2, 0) is 11.2 Å². The van der Waals surface area contributed by atoms with E-state index in [2.05, 4.69) is 0 Å². The number of hydrogen-bond acceptors (Lipinski definition) is 2. The molecule has 0 aliphatic rings. The SMILES string of the molecule is Cc1ccc(Cl)cc1C[C@H](Oc1ccccc1)C(=O)O. The molecule has 2 aromatic carbocycles. The number of carboxylic acids is 1. The van der Waals surface area contributed by atoms with Crippen LogP contribution in [0.25, 0.3) is 0 Å². The van der Waals surface area contributed by atoms with Crippen molar-refractivity contribution in [3.63, 3.8) is 0 Å². The molecule has 104 valence electrons. The summed E-state index contributed by atoms with van der Waals surface area (Å²) in [5.41, 5.74) is 1.87. The van der Waals surface area contributed by atoms with Crippen LogP contribution in [0.1, 0.15) is 11.1 Å². The Hall–Kier alpha value is -2.00. The van der Waals surface area contributed by atoms with Gasteiger partial charge in [-0.1, -0.05) is 35.9 Å². The van der Waals surface area contributed by atoms with Gasteiger partial charge in [-0.05, 0) is 42.3 Å². The summed E-state index contributed by atoms with van der Waals surface area (Å²) >= 11 is 5.95. The Morgan fingerprint density at radius 3 is 2.60 bits per heavy atom. The number of rotatable bonds is 5. The maximum Gasteiger partial charge on any atom is 0.345 e. The lowest BCUT2D eigenvalue weighted by Gasteiger charge is -2.16. The number of para-hydroxylation sites is 1. The summed E-state index contributed by atoms with van der Waals surface area (Å²) in [4.78, 5) is 11.3. The first-order valence-corrected chi connectivity index (χ1v) is 6.63.